The molecule has 0 spiro atoms. The number of aromatic nitrogens is 3. The summed E-state index contributed by atoms with van der Waals surface area (Å²) in [5.41, 5.74) is 2.93. The maximum Gasteiger partial charge on any atom is 0.354 e. The Labute approximate surface area is 184 Å². The largest absolute Gasteiger partial charge is 0.477 e. The van der Waals surface area contributed by atoms with Crippen molar-refractivity contribution >= 4 is 21.6 Å². The number of rotatable bonds is 3. The number of anilines is 1. The molecule has 0 saturated heterocycles. The molecule has 2 aliphatic rings. The molecule has 1 aliphatic heterocycles. The lowest BCUT2D eigenvalue weighted by Crippen LogP contribution is -2.21. The van der Waals surface area contributed by atoms with Crippen molar-refractivity contribution in [3.63, 3.8) is 0 Å². The van der Waals surface area contributed by atoms with E-state index in [0.29, 0.717) is 48.4 Å². The molecule has 9 nitrogen and oxygen atoms in total. The van der Waals surface area contributed by atoms with E-state index in [9.17, 15) is 13.4 Å². The monoisotopic (exact) mass is 456 g/mol. The van der Waals surface area contributed by atoms with Gasteiger partial charge in [-0.25, -0.2) is 23.2 Å². The fraction of sp³-hybridized carbons (Fsp3) is 0.286. The van der Waals surface area contributed by atoms with Gasteiger partial charge < -0.3 is 10.1 Å². The highest BCUT2D eigenvalue weighted by Gasteiger charge is 2.26. The van der Waals surface area contributed by atoms with Gasteiger partial charge in [0, 0.05) is 30.9 Å². The van der Waals surface area contributed by atoms with Gasteiger partial charge in [-0.05, 0) is 54.2 Å². The third-order valence-corrected chi connectivity index (χ3v) is 6.97. The summed E-state index contributed by atoms with van der Waals surface area (Å²) in [6, 6.07) is 3.97. The number of nitrogens with zero attached hydrogens (tertiary/aromatic N) is 4. The highest BCUT2D eigenvalue weighted by Crippen LogP contribution is 2.39. The second kappa shape index (κ2) is 7.99. The molecule has 0 saturated carbocycles. The van der Waals surface area contributed by atoms with Crippen molar-refractivity contribution in [3.05, 3.63) is 53.7 Å². The molecule has 0 unspecified atom stereocenters. The lowest BCUT2D eigenvalue weighted by atomic mass is 9.97. The van der Waals surface area contributed by atoms with E-state index in [1.54, 1.807) is 29.2 Å². The molecule has 0 radical (unpaired) electrons. The normalized spacial score (nSPS) is 16.4. The first-order chi connectivity index (χ1) is 15.4. The summed E-state index contributed by atoms with van der Waals surface area (Å²) >= 11 is 0. The van der Waals surface area contributed by atoms with Gasteiger partial charge in [-0.1, -0.05) is 0 Å². The Kier molecular flexibility index (Phi) is 5.14. The van der Waals surface area contributed by atoms with Gasteiger partial charge in [0.05, 0.1) is 18.5 Å². The number of fused-ring (bicyclic) bond motifs is 2. The van der Waals surface area contributed by atoms with Gasteiger partial charge in [0.1, 0.15) is 10.7 Å². The van der Waals surface area contributed by atoms with Gasteiger partial charge in [0.2, 0.25) is 5.88 Å². The molecule has 2 amide bonds. The van der Waals surface area contributed by atoms with Crippen LogP contribution in [-0.2, 0) is 29.3 Å². The van der Waals surface area contributed by atoms with E-state index in [0.717, 1.165) is 18.4 Å². The molecule has 5 rings (SSSR count). The second-order valence-corrected chi connectivity index (χ2v) is 9.42. The Morgan fingerprint density at radius 1 is 1.25 bits per heavy atom. The van der Waals surface area contributed by atoms with Crippen LogP contribution in [0.5, 0.6) is 5.88 Å². The highest BCUT2D eigenvalue weighted by atomic mass is 32.2. The van der Waals surface area contributed by atoms with E-state index in [1.165, 1.54) is 12.3 Å². The SMILES string of the molecule is N[S@@](=O)(=NC(=O)Nc1c(-c2ccncc2)cc(F)c2c1CCC2)c1cnn2c1OCCC2. The summed E-state index contributed by atoms with van der Waals surface area (Å²) in [6.45, 7) is 1.05. The van der Waals surface area contributed by atoms with E-state index < -0.39 is 15.9 Å². The second-order valence-electron chi connectivity index (χ2n) is 7.66. The number of benzene rings is 1. The van der Waals surface area contributed by atoms with Crippen molar-refractivity contribution in [2.75, 3.05) is 11.9 Å². The number of halogens is 1. The number of urea groups is 1. The lowest BCUT2D eigenvalue weighted by molar-refractivity contribution is 0.224. The van der Waals surface area contributed by atoms with Crippen molar-refractivity contribution in [1.29, 1.82) is 0 Å². The van der Waals surface area contributed by atoms with Crippen LogP contribution in [0.4, 0.5) is 14.9 Å². The average molecular weight is 457 g/mol. The minimum absolute atomic E-state index is 0.0750. The van der Waals surface area contributed by atoms with Crippen molar-refractivity contribution in [2.45, 2.75) is 37.1 Å². The van der Waals surface area contributed by atoms with Gasteiger partial charge >= 0.3 is 6.03 Å². The van der Waals surface area contributed by atoms with Crippen LogP contribution < -0.4 is 15.2 Å². The lowest BCUT2D eigenvalue weighted by Gasteiger charge is -2.17. The van der Waals surface area contributed by atoms with Crippen molar-refractivity contribution < 1.29 is 18.1 Å². The summed E-state index contributed by atoms with van der Waals surface area (Å²) in [5, 5.41) is 12.8. The van der Waals surface area contributed by atoms with Crippen LogP contribution in [0.25, 0.3) is 11.1 Å². The quantitative estimate of drug-likeness (QED) is 0.626. The van der Waals surface area contributed by atoms with E-state index in [4.69, 9.17) is 9.88 Å². The number of hydrogen-bond donors (Lipinski definition) is 2. The summed E-state index contributed by atoms with van der Waals surface area (Å²) in [7, 11) is -3.61. The number of nitrogens with one attached hydrogen (secondary N) is 1. The van der Waals surface area contributed by atoms with Crippen LogP contribution in [0, 0.1) is 5.82 Å². The van der Waals surface area contributed by atoms with Crippen LogP contribution in [-0.4, -0.2) is 31.6 Å². The van der Waals surface area contributed by atoms with Gasteiger partial charge in [-0.15, -0.1) is 4.36 Å². The molecule has 3 heterocycles. The Hall–Kier alpha value is -3.31. The van der Waals surface area contributed by atoms with Crippen LogP contribution >= 0.6 is 0 Å². The maximum absolute atomic E-state index is 14.7. The fourth-order valence-corrected chi connectivity index (χ4v) is 5.18. The summed E-state index contributed by atoms with van der Waals surface area (Å²) in [4.78, 5) is 16.9. The van der Waals surface area contributed by atoms with Crippen molar-refractivity contribution in [1.82, 2.24) is 14.8 Å². The van der Waals surface area contributed by atoms with E-state index in [2.05, 4.69) is 19.8 Å². The third-order valence-electron chi connectivity index (χ3n) is 5.62. The summed E-state index contributed by atoms with van der Waals surface area (Å²) in [6.07, 6.45) is 7.25. The molecular weight excluding hydrogens is 435 g/mol. The number of carbonyl (C=O) groups is 1. The molecule has 3 aromatic rings. The predicted molar refractivity (Wildman–Crippen MR) is 116 cm³/mol. The van der Waals surface area contributed by atoms with Gasteiger partial charge in [-0.2, -0.15) is 5.10 Å². The first-order valence-electron chi connectivity index (χ1n) is 10.2. The average Bonchev–Trinajstić information content (AvgIpc) is 3.44. The Morgan fingerprint density at radius 3 is 2.84 bits per heavy atom. The molecular formula is C21H21FN6O3S. The number of carbonyl (C=O) groups excluding carboxylic acids is 1. The van der Waals surface area contributed by atoms with Gasteiger partial charge in [0.15, 0.2) is 9.92 Å². The zero-order chi connectivity index (χ0) is 22.3. The molecule has 11 heteroatoms. The predicted octanol–water partition coefficient (Wildman–Crippen LogP) is 3.29. The Bertz CT molecular complexity index is 1330. The van der Waals surface area contributed by atoms with Gasteiger partial charge in [-0.3, -0.25) is 4.98 Å². The number of aryl methyl sites for hydroxylation is 1. The Balaban J connectivity index is 1.54. The number of nitrogens with two attached hydrogens (primary N) is 1. The maximum atomic E-state index is 14.7. The van der Waals surface area contributed by atoms with Crippen molar-refractivity contribution in [3.8, 4) is 17.0 Å². The van der Waals surface area contributed by atoms with Crippen LogP contribution in [0.3, 0.4) is 0 Å². The topological polar surface area (TPSA) is 124 Å². The number of amides is 2. The zero-order valence-corrected chi connectivity index (χ0v) is 17.9. The molecule has 0 fully saturated rings. The molecule has 2 aromatic heterocycles. The summed E-state index contributed by atoms with van der Waals surface area (Å²) in [5.74, 6) is -0.0500. The van der Waals surface area contributed by atoms with Gasteiger partial charge in [0.25, 0.3) is 0 Å². The number of ether oxygens (including phenoxy) is 1. The molecule has 1 aromatic carbocycles. The zero-order valence-electron chi connectivity index (χ0n) is 17.1. The smallest absolute Gasteiger partial charge is 0.354 e. The number of hydrogen-bond acceptors (Lipinski definition) is 5. The fourth-order valence-electron chi connectivity index (χ4n) is 4.18. The van der Waals surface area contributed by atoms with E-state index in [-0.39, 0.29) is 16.6 Å². The van der Waals surface area contributed by atoms with Crippen LogP contribution in [0.2, 0.25) is 0 Å². The minimum atomic E-state index is -3.61. The standard InChI is InChI=1S/C21H21FN6O3S/c22-17-11-16(13-5-7-24-8-6-13)19(15-4-1-3-14(15)17)26-21(29)27-32(23,30)18-12-25-28-9-2-10-31-20(18)28/h5-8,11-12H,1-4,9-10H2,(H3,23,26,27,29,30)/t32-/m1/s1. The number of pyridine rings is 1. The van der Waals surface area contributed by atoms with Crippen LogP contribution in [0.15, 0.2) is 46.0 Å². The minimum Gasteiger partial charge on any atom is -0.477 e. The first-order valence-corrected chi connectivity index (χ1v) is 11.8. The molecule has 166 valence electrons. The highest BCUT2D eigenvalue weighted by molar-refractivity contribution is 7.91. The molecule has 1 aliphatic carbocycles. The van der Waals surface area contributed by atoms with E-state index >= 15 is 0 Å². The summed E-state index contributed by atoms with van der Waals surface area (Å²) < 4.78 is 38.7. The molecule has 0 bridgehead atoms. The third kappa shape index (κ3) is 3.63. The molecule has 32 heavy (non-hydrogen) atoms. The first kappa shape index (κ1) is 20.6. The Morgan fingerprint density at radius 2 is 2.03 bits per heavy atom. The molecule has 3 N–H and O–H groups in total. The van der Waals surface area contributed by atoms with E-state index in [1.807, 2.05) is 0 Å². The van der Waals surface area contributed by atoms with Crippen molar-refractivity contribution in [2.24, 2.45) is 9.50 Å². The molecule has 1 atom stereocenters. The van der Waals surface area contributed by atoms with Crippen LogP contribution in [0.1, 0.15) is 24.0 Å².